The van der Waals surface area contributed by atoms with Crippen molar-refractivity contribution in [3.63, 3.8) is 0 Å². The van der Waals surface area contributed by atoms with Crippen LogP contribution >= 0.6 is 0 Å². The summed E-state index contributed by atoms with van der Waals surface area (Å²) in [4.78, 5) is 13.7. The van der Waals surface area contributed by atoms with Crippen LogP contribution in [0.4, 0.5) is 0 Å². The van der Waals surface area contributed by atoms with Crippen molar-refractivity contribution in [2.45, 2.75) is 25.0 Å². The quantitative estimate of drug-likeness (QED) is 0.715. The van der Waals surface area contributed by atoms with E-state index in [9.17, 15) is 4.79 Å². The zero-order valence-corrected chi connectivity index (χ0v) is 9.78. The molecule has 0 bridgehead atoms. The molecule has 2 saturated heterocycles. The Kier molecular flexibility index (Phi) is 4.15. The molecule has 16 heavy (non-hydrogen) atoms. The van der Waals surface area contributed by atoms with Gasteiger partial charge in [0.05, 0.1) is 12.7 Å². The number of morpholine rings is 1. The number of hydrogen-bond acceptors (Lipinski definition) is 4. The molecule has 0 aromatic heterocycles. The summed E-state index contributed by atoms with van der Waals surface area (Å²) in [6.07, 6.45) is 2.06. The van der Waals surface area contributed by atoms with Crippen LogP contribution in [0.3, 0.4) is 0 Å². The molecule has 2 rings (SSSR count). The Bertz CT molecular complexity index is 235. The van der Waals surface area contributed by atoms with Crippen LogP contribution in [-0.4, -0.2) is 62.9 Å². The molecule has 0 aromatic rings. The molecule has 2 heterocycles. The highest BCUT2D eigenvalue weighted by Gasteiger charge is 2.27. The van der Waals surface area contributed by atoms with E-state index in [0.29, 0.717) is 19.7 Å². The second kappa shape index (κ2) is 5.61. The van der Waals surface area contributed by atoms with Gasteiger partial charge in [-0.1, -0.05) is 0 Å². The van der Waals surface area contributed by atoms with Gasteiger partial charge in [-0.15, -0.1) is 0 Å². The molecule has 0 radical (unpaired) electrons. The topological polar surface area (TPSA) is 50.8 Å². The first-order chi connectivity index (χ1) is 7.77. The van der Waals surface area contributed by atoms with E-state index in [4.69, 9.17) is 9.47 Å². The lowest BCUT2D eigenvalue weighted by atomic mass is 10.2. The number of amides is 1. The van der Waals surface area contributed by atoms with E-state index >= 15 is 0 Å². The molecular formula is C11H20N2O3. The number of ether oxygens (including phenoxy) is 2. The number of hydrogen-bond donors (Lipinski definition) is 1. The minimum atomic E-state index is -0.319. The second-order valence-corrected chi connectivity index (χ2v) is 4.42. The molecule has 0 aromatic carbocycles. The largest absolute Gasteiger partial charge is 0.376 e. The third kappa shape index (κ3) is 2.93. The van der Waals surface area contributed by atoms with Crippen LogP contribution in [-0.2, 0) is 14.3 Å². The fraction of sp³-hybridized carbons (Fsp3) is 0.909. The average molecular weight is 228 g/mol. The third-order valence-electron chi connectivity index (χ3n) is 3.08. The SMILES string of the molecule is CN(CC1CCCO1)C(=O)C1CNCCO1. The highest BCUT2D eigenvalue weighted by molar-refractivity contribution is 5.81. The Labute approximate surface area is 96.1 Å². The maximum Gasteiger partial charge on any atom is 0.252 e. The predicted octanol–water partition coefficient (Wildman–Crippen LogP) is -0.388. The van der Waals surface area contributed by atoms with Crippen LogP contribution in [0.15, 0.2) is 0 Å². The summed E-state index contributed by atoms with van der Waals surface area (Å²) in [5.74, 6) is 0.0581. The van der Waals surface area contributed by atoms with Crippen molar-refractivity contribution in [2.75, 3.05) is 39.9 Å². The lowest BCUT2D eigenvalue weighted by Crippen LogP contribution is -2.49. The lowest BCUT2D eigenvalue weighted by molar-refractivity contribution is -0.145. The molecule has 1 amide bonds. The number of carbonyl (C=O) groups is 1. The first-order valence-electron chi connectivity index (χ1n) is 5.96. The molecule has 92 valence electrons. The number of rotatable bonds is 3. The van der Waals surface area contributed by atoms with E-state index in [-0.39, 0.29) is 18.1 Å². The van der Waals surface area contributed by atoms with Gasteiger partial charge >= 0.3 is 0 Å². The molecule has 2 aliphatic heterocycles. The van der Waals surface area contributed by atoms with E-state index in [0.717, 1.165) is 26.0 Å². The van der Waals surface area contributed by atoms with Gasteiger partial charge in [-0.05, 0) is 12.8 Å². The minimum absolute atomic E-state index is 0.0581. The Morgan fingerprint density at radius 1 is 1.44 bits per heavy atom. The summed E-state index contributed by atoms with van der Waals surface area (Å²) in [7, 11) is 1.82. The maximum absolute atomic E-state index is 12.0. The first kappa shape index (κ1) is 11.8. The van der Waals surface area contributed by atoms with Gasteiger partial charge in [0.15, 0.2) is 0 Å². The molecule has 5 nitrogen and oxygen atoms in total. The fourth-order valence-corrected chi connectivity index (χ4v) is 2.15. The van der Waals surface area contributed by atoms with E-state index in [1.54, 1.807) is 4.90 Å². The van der Waals surface area contributed by atoms with Gasteiger partial charge in [-0.25, -0.2) is 0 Å². The molecule has 2 atom stereocenters. The number of nitrogens with one attached hydrogen (secondary N) is 1. The molecular weight excluding hydrogens is 208 g/mol. The van der Waals surface area contributed by atoms with Gasteiger partial charge in [0.1, 0.15) is 6.10 Å². The summed E-state index contributed by atoms with van der Waals surface area (Å²) >= 11 is 0. The number of nitrogens with zero attached hydrogens (tertiary/aromatic N) is 1. The van der Waals surface area contributed by atoms with Crippen molar-refractivity contribution in [2.24, 2.45) is 0 Å². The average Bonchev–Trinajstić information content (AvgIpc) is 2.82. The Morgan fingerprint density at radius 3 is 2.94 bits per heavy atom. The Morgan fingerprint density at radius 2 is 2.31 bits per heavy atom. The van der Waals surface area contributed by atoms with Crippen molar-refractivity contribution in [3.8, 4) is 0 Å². The summed E-state index contributed by atoms with van der Waals surface area (Å²) in [5.41, 5.74) is 0. The predicted molar refractivity (Wildman–Crippen MR) is 59.2 cm³/mol. The van der Waals surface area contributed by atoms with Gasteiger partial charge in [0.2, 0.25) is 0 Å². The summed E-state index contributed by atoms with van der Waals surface area (Å²) in [6.45, 7) is 3.57. The molecule has 0 aliphatic carbocycles. The van der Waals surface area contributed by atoms with Crippen LogP contribution in [0.25, 0.3) is 0 Å². The smallest absolute Gasteiger partial charge is 0.252 e. The normalized spacial score (nSPS) is 30.3. The zero-order chi connectivity index (χ0) is 11.4. The van der Waals surface area contributed by atoms with Crippen LogP contribution in [0.2, 0.25) is 0 Å². The standard InChI is InChI=1S/C11H20N2O3/c1-13(8-9-3-2-5-15-9)11(14)10-7-12-4-6-16-10/h9-10,12H,2-8H2,1H3. The van der Waals surface area contributed by atoms with Gasteiger partial charge in [-0.3, -0.25) is 4.79 Å². The monoisotopic (exact) mass is 228 g/mol. The van der Waals surface area contributed by atoms with Crippen LogP contribution < -0.4 is 5.32 Å². The zero-order valence-electron chi connectivity index (χ0n) is 9.78. The van der Waals surface area contributed by atoms with Gasteiger partial charge in [-0.2, -0.15) is 0 Å². The van der Waals surface area contributed by atoms with Gasteiger partial charge < -0.3 is 19.7 Å². The van der Waals surface area contributed by atoms with Crippen LogP contribution in [0, 0.1) is 0 Å². The lowest BCUT2D eigenvalue weighted by Gasteiger charge is -2.28. The van der Waals surface area contributed by atoms with E-state index in [1.165, 1.54) is 0 Å². The summed E-state index contributed by atoms with van der Waals surface area (Å²) in [5, 5.41) is 3.16. The van der Waals surface area contributed by atoms with Crippen molar-refractivity contribution >= 4 is 5.91 Å². The van der Waals surface area contributed by atoms with Crippen LogP contribution in [0.1, 0.15) is 12.8 Å². The Balaban J connectivity index is 1.78. The highest BCUT2D eigenvalue weighted by Crippen LogP contribution is 2.13. The third-order valence-corrected chi connectivity index (χ3v) is 3.08. The highest BCUT2D eigenvalue weighted by atomic mass is 16.5. The molecule has 5 heteroatoms. The van der Waals surface area contributed by atoms with E-state index in [2.05, 4.69) is 5.32 Å². The number of likely N-dealkylation sites (N-methyl/N-ethyl adjacent to an activating group) is 1. The summed E-state index contributed by atoms with van der Waals surface area (Å²) in [6, 6.07) is 0. The molecule has 0 saturated carbocycles. The van der Waals surface area contributed by atoms with Crippen molar-refractivity contribution < 1.29 is 14.3 Å². The van der Waals surface area contributed by atoms with Crippen molar-refractivity contribution in [1.29, 1.82) is 0 Å². The van der Waals surface area contributed by atoms with Crippen molar-refractivity contribution in [1.82, 2.24) is 10.2 Å². The molecule has 1 N–H and O–H groups in total. The Hall–Kier alpha value is -0.650. The molecule has 0 spiro atoms. The fourth-order valence-electron chi connectivity index (χ4n) is 2.15. The molecule has 2 unspecified atom stereocenters. The maximum atomic E-state index is 12.0. The molecule has 2 fully saturated rings. The molecule has 2 aliphatic rings. The van der Waals surface area contributed by atoms with Gasteiger partial charge in [0.25, 0.3) is 5.91 Å². The first-order valence-corrected chi connectivity index (χ1v) is 5.96. The van der Waals surface area contributed by atoms with E-state index in [1.807, 2.05) is 7.05 Å². The minimum Gasteiger partial charge on any atom is -0.376 e. The van der Waals surface area contributed by atoms with Crippen LogP contribution in [0.5, 0.6) is 0 Å². The van der Waals surface area contributed by atoms with Crippen molar-refractivity contribution in [3.05, 3.63) is 0 Å². The summed E-state index contributed by atoms with van der Waals surface area (Å²) < 4.78 is 10.9. The number of carbonyl (C=O) groups excluding carboxylic acids is 1. The van der Waals surface area contributed by atoms with E-state index < -0.39 is 0 Å². The second-order valence-electron chi connectivity index (χ2n) is 4.42. The van der Waals surface area contributed by atoms with Gasteiger partial charge in [0, 0.05) is 33.3 Å².